The number of carboxylic acids is 1. The van der Waals surface area contributed by atoms with Crippen molar-refractivity contribution >= 4 is 22.6 Å². The summed E-state index contributed by atoms with van der Waals surface area (Å²) in [4.78, 5) is 23.7. The first-order valence-electron chi connectivity index (χ1n) is 8.43. The van der Waals surface area contributed by atoms with Crippen LogP contribution in [0.1, 0.15) is 29.4 Å². The summed E-state index contributed by atoms with van der Waals surface area (Å²) in [5.74, 6) is -1.23. The Bertz CT molecular complexity index is 962. The molecule has 1 heterocycles. The maximum absolute atomic E-state index is 12.4. The number of hydrogen-bond donors (Lipinski definition) is 2. The lowest BCUT2D eigenvalue weighted by molar-refractivity contribution is -0.137. The van der Waals surface area contributed by atoms with E-state index in [9.17, 15) is 14.7 Å². The van der Waals surface area contributed by atoms with E-state index in [-0.39, 0.29) is 18.9 Å². The van der Waals surface area contributed by atoms with Crippen LogP contribution in [0.25, 0.3) is 10.8 Å². The zero-order valence-electron chi connectivity index (χ0n) is 14.8. The van der Waals surface area contributed by atoms with E-state index in [2.05, 4.69) is 10.4 Å². The standard InChI is InChI=1S/C20H21N3O3/c1-13-9-14(2)23(22-13)12-19(24)21-18(11-20(25)26)17-8-7-15-5-3-4-6-16(15)10-17/h3-10,18H,11-12H2,1-2H3,(H,21,24)(H,25,26)/t18-/m0/s1. The molecule has 0 bridgehead atoms. The van der Waals surface area contributed by atoms with Gasteiger partial charge in [0.15, 0.2) is 0 Å². The number of fused-ring (bicyclic) bond motifs is 1. The highest BCUT2D eigenvalue weighted by atomic mass is 16.4. The van der Waals surface area contributed by atoms with Gasteiger partial charge in [0, 0.05) is 5.69 Å². The summed E-state index contributed by atoms with van der Waals surface area (Å²) >= 11 is 0. The first kappa shape index (κ1) is 17.7. The van der Waals surface area contributed by atoms with Crippen LogP contribution in [-0.2, 0) is 16.1 Å². The van der Waals surface area contributed by atoms with E-state index in [1.54, 1.807) is 4.68 Å². The molecule has 0 radical (unpaired) electrons. The number of aliphatic carboxylic acids is 1. The molecule has 0 spiro atoms. The average Bonchev–Trinajstić information content (AvgIpc) is 2.90. The van der Waals surface area contributed by atoms with Gasteiger partial charge in [0.1, 0.15) is 6.54 Å². The SMILES string of the molecule is Cc1cc(C)n(CC(=O)N[C@@H](CC(=O)O)c2ccc3ccccc3c2)n1. The lowest BCUT2D eigenvalue weighted by Crippen LogP contribution is -2.33. The quantitative estimate of drug-likeness (QED) is 0.715. The Morgan fingerprint density at radius 3 is 2.50 bits per heavy atom. The fourth-order valence-electron chi connectivity index (χ4n) is 3.06. The lowest BCUT2D eigenvalue weighted by atomic mass is 9.99. The maximum atomic E-state index is 12.4. The number of amides is 1. The molecule has 2 N–H and O–H groups in total. The Hall–Kier alpha value is -3.15. The topological polar surface area (TPSA) is 84.2 Å². The molecule has 3 rings (SSSR count). The molecular formula is C20H21N3O3. The average molecular weight is 351 g/mol. The summed E-state index contributed by atoms with van der Waals surface area (Å²) < 4.78 is 1.61. The van der Waals surface area contributed by atoms with E-state index < -0.39 is 12.0 Å². The van der Waals surface area contributed by atoms with Crippen LogP contribution in [0.5, 0.6) is 0 Å². The minimum atomic E-state index is -0.963. The van der Waals surface area contributed by atoms with Gasteiger partial charge in [-0.15, -0.1) is 0 Å². The second-order valence-electron chi connectivity index (χ2n) is 6.41. The number of carbonyl (C=O) groups is 2. The Morgan fingerprint density at radius 2 is 1.85 bits per heavy atom. The normalized spacial score (nSPS) is 12.1. The number of aryl methyl sites for hydroxylation is 2. The van der Waals surface area contributed by atoms with Crippen molar-refractivity contribution in [1.29, 1.82) is 0 Å². The van der Waals surface area contributed by atoms with Gasteiger partial charge in [-0.3, -0.25) is 14.3 Å². The second-order valence-corrected chi connectivity index (χ2v) is 6.41. The van der Waals surface area contributed by atoms with Crippen LogP contribution < -0.4 is 5.32 Å². The van der Waals surface area contributed by atoms with Gasteiger partial charge in [0.25, 0.3) is 0 Å². The zero-order valence-corrected chi connectivity index (χ0v) is 14.8. The number of hydrogen-bond acceptors (Lipinski definition) is 3. The smallest absolute Gasteiger partial charge is 0.305 e. The van der Waals surface area contributed by atoms with Crippen molar-refractivity contribution in [3.05, 3.63) is 65.5 Å². The van der Waals surface area contributed by atoms with Crippen molar-refractivity contribution in [2.75, 3.05) is 0 Å². The highest BCUT2D eigenvalue weighted by Gasteiger charge is 2.19. The monoisotopic (exact) mass is 351 g/mol. The van der Waals surface area contributed by atoms with E-state index >= 15 is 0 Å². The molecule has 0 aliphatic carbocycles. The van der Waals surface area contributed by atoms with Crippen molar-refractivity contribution in [2.45, 2.75) is 32.9 Å². The van der Waals surface area contributed by atoms with Crippen LogP contribution in [0, 0.1) is 13.8 Å². The first-order chi connectivity index (χ1) is 12.4. The molecule has 1 aromatic heterocycles. The molecule has 3 aromatic rings. The van der Waals surface area contributed by atoms with Crippen LogP contribution in [0.4, 0.5) is 0 Å². The molecule has 6 nitrogen and oxygen atoms in total. The lowest BCUT2D eigenvalue weighted by Gasteiger charge is -2.18. The van der Waals surface area contributed by atoms with E-state index in [0.717, 1.165) is 27.7 Å². The van der Waals surface area contributed by atoms with Gasteiger partial charge in [-0.25, -0.2) is 0 Å². The third-order valence-electron chi connectivity index (χ3n) is 4.29. The maximum Gasteiger partial charge on any atom is 0.305 e. The zero-order chi connectivity index (χ0) is 18.7. The largest absolute Gasteiger partial charge is 0.481 e. The van der Waals surface area contributed by atoms with Gasteiger partial charge >= 0.3 is 5.97 Å². The highest BCUT2D eigenvalue weighted by molar-refractivity contribution is 5.84. The second kappa shape index (κ2) is 7.39. The molecule has 6 heteroatoms. The Kier molecular flexibility index (Phi) is 5.02. The predicted octanol–water partition coefficient (Wildman–Crippen LogP) is 2.99. The molecule has 0 saturated heterocycles. The van der Waals surface area contributed by atoms with Crippen LogP contribution in [0.3, 0.4) is 0 Å². The van der Waals surface area contributed by atoms with Gasteiger partial charge in [0.2, 0.25) is 5.91 Å². The number of nitrogens with one attached hydrogen (secondary N) is 1. The first-order valence-corrected chi connectivity index (χ1v) is 8.43. The molecule has 1 atom stereocenters. The van der Waals surface area contributed by atoms with Crippen LogP contribution >= 0.6 is 0 Å². The van der Waals surface area contributed by atoms with Gasteiger partial charge in [-0.05, 0) is 42.3 Å². The summed E-state index contributed by atoms with van der Waals surface area (Å²) in [6.07, 6.45) is -0.179. The molecule has 0 saturated carbocycles. The number of benzene rings is 2. The van der Waals surface area contributed by atoms with Crippen molar-refractivity contribution < 1.29 is 14.7 Å². The summed E-state index contributed by atoms with van der Waals surface area (Å²) in [5, 5.41) is 18.4. The molecule has 134 valence electrons. The number of nitrogens with zero attached hydrogens (tertiary/aromatic N) is 2. The fourth-order valence-corrected chi connectivity index (χ4v) is 3.06. The summed E-state index contributed by atoms with van der Waals surface area (Å²) in [6.45, 7) is 3.80. The van der Waals surface area contributed by atoms with E-state index in [0.29, 0.717) is 0 Å². The highest BCUT2D eigenvalue weighted by Crippen LogP contribution is 2.22. The van der Waals surface area contributed by atoms with Crippen molar-refractivity contribution in [2.24, 2.45) is 0 Å². The summed E-state index contributed by atoms with van der Waals surface area (Å²) in [5.41, 5.74) is 2.50. The molecule has 0 aliphatic heterocycles. The Morgan fingerprint density at radius 1 is 1.12 bits per heavy atom. The molecule has 0 unspecified atom stereocenters. The van der Waals surface area contributed by atoms with E-state index in [1.165, 1.54) is 0 Å². The molecule has 26 heavy (non-hydrogen) atoms. The molecule has 0 fully saturated rings. The van der Waals surface area contributed by atoms with Crippen molar-refractivity contribution in [3.63, 3.8) is 0 Å². The van der Waals surface area contributed by atoms with Gasteiger partial charge in [0.05, 0.1) is 18.2 Å². The van der Waals surface area contributed by atoms with Gasteiger partial charge in [-0.2, -0.15) is 5.10 Å². The molecule has 2 aromatic carbocycles. The van der Waals surface area contributed by atoms with Crippen LogP contribution in [0.15, 0.2) is 48.5 Å². The third kappa shape index (κ3) is 4.08. The van der Waals surface area contributed by atoms with Crippen LogP contribution in [-0.4, -0.2) is 26.8 Å². The minimum absolute atomic E-state index is 0.0589. The molecular weight excluding hydrogens is 330 g/mol. The summed E-state index contributed by atoms with van der Waals surface area (Å²) in [7, 11) is 0. The third-order valence-corrected chi connectivity index (χ3v) is 4.29. The number of rotatable bonds is 6. The van der Waals surface area contributed by atoms with E-state index in [1.807, 2.05) is 62.4 Å². The van der Waals surface area contributed by atoms with Crippen LogP contribution in [0.2, 0.25) is 0 Å². The Balaban J connectivity index is 1.81. The van der Waals surface area contributed by atoms with Crippen molar-refractivity contribution in [3.8, 4) is 0 Å². The Labute approximate surface area is 151 Å². The van der Waals surface area contributed by atoms with E-state index in [4.69, 9.17) is 0 Å². The number of carbonyl (C=O) groups excluding carboxylic acids is 1. The molecule has 1 amide bonds. The minimum Gasteiger partial charge on any atom is -0.481 e. The van der Waals surface area contributed by atoms with Gasteiger partial charge < -0.3 is 10.4 Å². The number of aromatic nitrogens is 2. The van der Waals surface area contributed by atoms with Crippen molar-refractivity contribution in [1.82, 2.24) is 15.1 Å². The summed E-state index contributed by atoms with van der Waals surface area (Å²) in [6, 6.07) is 14.9. The fraction of sp³-hybridized carbons (Fsp3) is 0.250. The van der Waals surface area contributed by atoms with Gasteiger partial charge in [-0.1, -0.05) is 36.4 Å². The molecule has 0 aliphatic rings. The predicted molar refractivity (Wildman–Crippen MR) is 98.8 cm³/mol. The number of carboxylic acid groups (broad SMARTS) is 1.